The molecule has 0 aromatic carbocycles. The number of imidazole rings is 1. The highest BCUT2D eigenvalue weighted by Crippen LogP contribution is 2.56. The third-order valence-electron chi connectivity index (χ3n) is 5.83. The molecule has 19 heavy (non-hydrogen) atoms. The first kappa shape index (κ1) is 11.5. The molecule has 4 aliphatic carbocycles. The average molecular weight is 255 g/mol. The Hall–Kier alpha value is -1.30. The number of rotatable bonds is 2. The number of hydrogen-bond acceptors (Lipinski definition) is 2. The molecule has 0 aliphatic heterocycles. The van der Waals surface area contributed by atoms with E-state index in [1.807, 2.05) is 6.92 Å². The third-order valence-corrected chi connectivity index (χ3v) is 5.83. The van der Waals surface area contributed by atoms with Crippen LogP contribution in [-0.2, 0) is 6.54 Å². The Kier molecular flexibility index (Phi) is 2.48. The summed E-state index contributed by atoms with van der Waals surface area (Å²) in [6.07, 6.45) is 9.37. The van der Waals surface area contributed by atoms with Gasteiger partial charge in [0.05, 0.1) is 5.69 Å². The summed E-state index contributed by atoms with van der Waals surface area (Å²) < 4.78 is 2.11. The summed E-state index contributed by atoms with van der Waals surface area (Å²) >= 11 is 0. The average Bonchev–Trinajstić information content (AvgIpc) is 2.73. The van der Waals surface area contributed by atoms with Crippen LogP contribution >= 0.6 is 0 Å². The SMILES string of the molecule is Cc1cn(CC2C3CC4CC(C3)CC2C4)c(C#N)n1. The fourth-order valence-corrected chi connectivity index (χ4v) is 5.34. The summed E-state index contributed by atoms with van der Waals surface area (Å²) in [6.45, 7) is 3.01. The van der Waals surface area contributed by atoms with Gasteiger partial charge in [-0.2, -0.15) is 5.26 Å². The van der Waals surface area contributed by atoms with Crippen molar-refractivity contribution < 1.29 is 0 Å². The minimum atomic E-state index is 0.603. The zero-order valence-corrected chi connectivity index (χ0v) is 11.5. The maximum atomic E-state index is 9.18. The van der Waals surface area contributed by atoms with Gasteiger partial charge in [-0.3, -0.25) is 0 Å². The van der Waals surface area contributed by atoms with E-state index in [1.54, 1.807) is 0 Å². The predicted octanol–water partition coefficient (Wildman–Crippen LogP) is 3.14. The zero-order chi connectivity index (χ0) is 13.0. The standard InChI is InChI=1S/C16H21N3/c1-10-8-19(16(7-17)18-10)9-15-13-3-11-2-12(5-13)6-14(15)4-11/h8,11-15H,2-6,9H2,1H3. The summed E-state index contributed by atoms with van der Waals surface area (Å²) in [5, 5.41) is 9.18. The Morgan fingerprint density at radius 2 is 1.84 bits per heavy atom. The Labute approximate surface area is 114 Å². The van der Waals surface area contributed by atoms with Crippen LogP contribution in [-0.4, -0.2) is 9.55 Å². The molecule has 1 aromatic rings. The quantitative estimate of drug-likeness (QED) is 0.814. The van der Waals surface area contributed by atoms with Crippen molar-refractivity contribution in [3.8, 4) is 6.07 Å². The predicted molar refractivity (Wildman–Crippen MR) is 72.2 cm³/mol. The van der Waals surface area contributed by atoms with E-state index >= 15 is 0 Å². The highest BCUT2D eigenvalue weighted by Gasteiger charge is 2.48. The Morgan fingerprint density at radius 3 is 2.42 bits per heavy atom. The lowest BCUT2D eigenvalue weighted by atomic mass is 9.52. The van der Waals surface area contributed by atoms with E-state index < -0.39 is 0 Å². The molecule has 1 heterocycles. The van der Waals surface area contributed by atoms with Gasteiger partial charge in [0.2, 0.25) is 5.82 Å². The monoisotopic (exact) mass is 255 g/mol. The second-order valence-corrected chi connectivity index (χ2v) is 7.06. The number of aryl methyl sites for hydroxylation is 1. The van der Waals surface area contributed by atoms with Crippen molar-refractivity contribution in [2.75, 3.05) is 0 Å². The molecule has 0 atom stereocenters. The van der Waals surface area contributed by atoms with E-state index in [0.29, 0.717) is 5.82 Å². The highest BCUT2D eigenvalue weighted by molar-refractivity contribution is 5.16. The van der Waals surface area contributed by atoms with Gasteiger partial charge in [-0.25, -0.2) is 4.98 Å². The molecule has 0 spiro atoms. The molecule has 1 aromatic heterocycles. The van der Waals surface area contributed by atoms with Gasteiger partial charge >= 0.3 is 0 Å². The number of nitrogens with zero attached hydrogens (tertiary/aromatic N) is 3. The van der Waals surface area contributed by atoms with Gasteiger partial charge in [-0.15, -0.1) is 0 Å². The topological polar surface area (TPSA) is 41.6 Å². The van der Waals surface area contributed by atoms with Crippen LogP contribution in [0.4, 0.5) is 0 Å². The summed E-state index contributed by atoms with van der Waals surface area (Å²) in [4.78, 5) is 4.31. The lowest BCUT2D eigenvalue weighted by Gasteiger charge is -2.54. The van der Waals surface area contributed by atoms with E-state index in [0.717, 1.165) is 41.8 Å². The maximum Gasteiger partial charge on any atom is 0.212 e. The molecule has 0 N–H and O–H groups in total. The first-order chi connectivity index (χ1) is 9.22. The summed E-state index contributed by atoms with van der Waals surface area (Å²) in [7, 11) is 0. The molecule has 4 bridgehead atoms. The Morgan fingerprint density at radius 1 is 1.21 bits per heavy atom. The van der Waals surface area contributed by atoms with Crippen LogP contribution in [0.15, 0.2) is 6.20 Å². The molecule has 0 unspecified atom stereocenters. The molecule has 4 aliphatic rings. The van der Waals surface area contributed by atoms with Crippen molar-refractivity contribution in [1.82, 2.24) is 9.55 Å². The lowest BCUT2D eigenvalue weighted by molar-refractivity contribution is -0.0431. The van der Waals surface area contributed by atoms with Crippen LogP contribution in [0.3, 0.4) is 0 Å². The minimum Gasteiger partial charge on any atom is -0.322 e. The zero-order valence-electron chi connectivity index (χ0n) is 11.5. The molecule has 3 heteroatoms. The molecular weight excluding hydrogens is 234 g/mol. The lowest BCUT2D eigenvalue weighted by Crippen LogP contribution is -2.46. The second-order valence-electron chi connectivity index (χ2n) is 7.06. The number of nitriles is 1. The van der Waals surface area contributed by atoms with Gasteiger partial charge in [0, 0.05) is 12.7 Å². The van der Waals surface area contributed by atoms with Gasteiger partial charge in [0.15, 0.2) is 0 Å². The molecule has 3 nitrogen and oxygen atoms in total. The summed E-state index contributed by atoms with van der Waals surface area (Å²) in [6, 6.07) is 2.24. The van der Waals surface area contributed by atoms with E-state index in [9.17, 15) is 5.26 Å². The molecular formula is C16H21N3. The molecule has 0 saturated heterocycles. The van der Waals surface area contributed by atoms with Crippen molar-refractivity contribution in [3.63, 3.8) is 0 Å². The first-order valence-electron chi connectivity index (χ1n) is 7.66. The summed E-state index contributed by atoms with van der Waals surface area (Å²) in [5.41, 5.74) is 0.973. The highest BCUT2D eigenvalue weighted by atomic mass is 15.1. The molecule has 4 saturated carbocycles. The van der Waals surface area contributed by atoms with Gasteiger partial charge in [-0.05, 0) is 68.6 Å². The maximum absolute atomic E-state index is 9.18. The molecule has 100 valence electrons. The minimum absolute atomic E-state index is 0.603. The van der Waals surface area contributed by atoms with Gasteiger partial charge < -0.3 is 4.57 Å². The number of hydrogen-bond donors (Lipinski definition) is 0. The Bertz CT molecular complexity index is 509. The fourth-order valence-electron chi connectivity index (χ4n) is 5.34. The normalized spacial score (nSPS) is 39.5. The van der Waals surface area contributed by atoms with E-state index in [-0.39, 0.29) is 0 Å². The smallest absolute Gasteiger partial charge is 0.212 e. The van der Waals surface area contributed by atoms with Gasteiger partial charge in [-0.1, -0.05) is 0 Å². The fraction of sp³-hybridized carbons (Fsp3) is 0.750. The first-order valence-corrected chi connectivity index (χ1v) is 7.66. The van der Waals surface area contributed by atoms with Crippen LogP contribution in [0.5, 0.6) is 0 Å². The van der Waals surface area contributed by atoms with Crippen molar-refractivity contribution in [3.05, 3.63) is 17.7 Å². The molecule has 0 amide bonds. The van der Waals surface area contributed by atoms with Crippen molar-refractivity contribution >= 4 is 0 Å². The van der Waals surface area contributed by atoms with Gasteiger partial charge in [0.1, 0.15) is 6.07 Å². The van der Waals surface area contributed by atoms with E-state index in [1.165, 1.54) is 32.1 Å². The number of aromatic nitrogens is 2. The van der Waals surface area contributed by atoms with Crippen molar-refractivity contribution in [2.45, 2.75) is 45.6 Å². The van der Waals surface area contributed by atoms with Crippen LogP contribution in [0.2, 0.25) is 0 Å². The molecule has 0 radical (unpaired) electrons. The van der Waals surface area contributed by atoms with Crippen molar-refractivity contribution in [1.29, 1.82) is 5.26 Å². The van der Waals surface area contributed by atoms with Crippen molar-refractivity contribution in [2.24, 2.45) is 29.6 Å². The molecule has 4 fully saturated rings. The van der Waals surface area contributed by atoms with Gasteiger partial charge in [0.25, 0.3) is 0 Å². The van der Waals surface area contributed by atoms with E-state index in [4.69, 9.17) is 0 Å². The second kappa shape index (κ2) is 4.10. The Balaban J connectivity index is 1.58. The van der Waals surface area contributed by atoms with Crippen LogP contribution in [0.25, 0.3) is 0 Å². The van der Waals surface area contributed by atoms with Crippen LogP contribution in [0, 0.1) is 47.8 Å². The van der Waals surface area contributed by atoms with Crippen LogP contribution in [0.1, 0.15) is 43.6 Å². The van der Waals surface area contributed by atoms with Crippen LogP contribution < -0.4 is 0 Å². The van der Waals surface area contributed by atoms with E-state index in [2.05, 4.69) is 21.8 Å². The summed E-state index contributed by atoms with van der Waals surface area (Å²) in [5.74, 6) is 5.30. The molecule has 5 rings (SSSR count). The largest absolute Gasteiger partial charge is 0.322 e. The third kappa shape index (κ3) is 1.81.